The zero-order valence-electron chi connectivity index (χ0n) is 18.2. The van der Waals surface area contributed by atoms with Gasteiger partial charge in [-0.3, -0.25) is 0 Å². The molecule has 0 saturated carbocycles. The summed E-state index contributed by atoms with van der Waals surface area (Å²) in [5.41, 5.74) is 5.58. The smallest absolute Gasteiger partial charge is 0.336 e. The van der Waals surface area contributed by atoms with Gasteiger partial charge in [0.15, 0.2) is 0 Å². The minimum Gasteiger partial charge on any atom is -0.491 e. The van der Waals surface area contributed by atoms with E-state index in [4.69, 9.17) is 14.5 Å². The average molecular weight is 428 g/mol. The summed E-state index contributed by atoms with van der Waals surface area (Å²) in [6.07, 6.45) is 0. The SMILES string of the molecule is CCOCCOc1ccc(-c2ccc(-c3cc(C(=O)O)c4cc(C)ccc4n3)cc2)cc1. The first-order valence-corrected chi connectivity index (χ1v) is 10.6. The molecular formula is C27H25NO4. The summed E-state index contributed by atoms with van der Waals surface area (Å²) in [4.78, 5) is 16.5. The van der Waals surface area contributed by atoms with Gasteiger partial charge in [0, 0.05) is 17.6 Å². The van der Waals surface area contributed by atoms with Crippen LogP contribution in [0.5, 0.6) is 5.75 Å². The van der Waals surface area contributed by atoms with Crippen LogP contribution in [0.3, 0.4) is 0 Å². The van der Waals surface area contributed by atoms with Crippen LogP contribution >= 0.6 is 0 Å². The number of pyridine rings is 1. The molecule has 0 atom stereocenters. The number of hydrogen-bond acceptors (Lipinski definition) is 4. The van der Waals surface area contributed by atoms with E-state index < -0.39 is 5.97 Å². The molecule has 1 heterocycles. The van der Waals surface area contributed by atoms with Crippen molar-refractivity contribution in [1.82, 2.24) is 4.98 Å². The molecule has 5 heteroatoms. The van der Waals surface area contributed by atoms with Crippen molar-refractivity contribution in [3.63, 3.8) is 0 Å². The van der Waals surface area contributed by atoms with Gasteiger partial charge >= 0.3 is 5.97 Å². The number of aryl methyl sites for hydroxylation is 1. The highest BCUT2D eigenvalue weighted by molar-refractivity contribution is 6.04. The molecule has 0 spiro atoms. The molecule has 1 aromatic heterocycles. The highest BCUT2D eigenvalue weighted by atomic mass is 16.5. The van der Waals surface area contributed by atoms with Crippen LogP contribution in [0.15, 0.2) is 72.8 Å². The van der Waals surface area contributed by atoms with Crippen LogP contribution in [0, 0.1) is 6.92 Å². The third kappa shape index (κ3) is 4.79. The third-order valence-electron chi connectivity index (χ3n) is 5.26. The number of carboxylic acid groups (broad SMARTS) is 1. The minimum absolute atomic E-state index is 0.262. The Balaban J connectivity index is 1.57. The van der Waals surface area contributed by atoms with Crippen LogP contribution in [-0.4, -0.2) is 35.9 Å². The van der Waals surface area contributed by atoms with E-state index in [1.54, 1.807) is 6.07 Å². The van der Waals surface area contributed by atoms with E-state index in [0.717, 1.165) is 28.0 Å². The average Bonchev–Trinajstić information content (AvgIpc) is 2.81. The highest BCUT2D eigenvalue weighted by Gasteiger charge is 2.13. The molecule has 32 heavy (non-hydrogen) atoms. The maximum Gasteiger partial charge on any atom is 0.336 e. The third-order valence-corrected chi connectivity index (χ3v) is 5.26. The van der Waals surface area contributed by atoms with E-state index in [1.807, 2.05) is 80.6 Å². The first kappa shape index (κ1) is 21.5. The minimum atomic E-state index is -0.954. The van der Waals surface area contributed by atoms with Crippen molar-refractivity contribution < 1.29 is 19.4 Å². The van der Waals surface area contributed by atoms with Crippen molar-refractivity contribution in [2.75, 3.05) is 19.8 Å². The molecule has 3 aromatic carbocycles. The molecule has 0 aliphatic carbocycles. The second-order valence-electron chi connectivity index (χ2n) is 7.53. The summed E-state index contributed by atoms with van der Waals surface area (Å²) < 4.78 is 11.0. The monoisotopic (exact) mass is 427 g/mol. The van der Waals surface area contributed by atoms with E-state index in [-0.39, 0.29) is 5.56 Å². The molecule has 0 bridgehead atoms. The normalized spacial score (nSPS) is 10.9. The molecule has 0 aliphatic rings. The molecule has 162 valence electrons. The Kier molecular flexibility index (Phi) is 6.47. The Morgan fingerprint density at radius 1 is 0.875 bits per heavy atom. The maximum absolute atomic E-state index is 11.8. The van der Waals surface area contributed by atoms with Gasteiger partial charge in [-0.2, -0.15) is 0 Å². The molecule has 4 rings (SSSR count). The van der Waals surface area contributed by atoms with E-state index in [9.17, 15) is 9.90 Å². The maximum atomic E-state index is 11.8. The molecule has 1 N–H and O–H groups in total. The lowest BCUT2D eigenvalue weighted by Crippen LogP contribution is -2.06. The lowest BCUT2D eigenvalue weighted by Gasteiger charge is -2.10. The zero-order chi connectivity index (χ0) is 22.5. The standard InChI is InChI=1S/C27H25NO4/c1-3-31-14-15-32-22-11-9-20(10-12-22)19-5-7-21(8-6-19)26-17-24(27(29)30)23-16-18(2)4-13-25(23)28-26/h4-13,16-17H,3,14-15H2,1-2H3,(H,29,30). The zero-order valence-corrected chi connectivity index (χ0v) is 18.2. The number of carboxylic acids is 1. The molecule has 4 aromatic rings. The number of carbonyl (C=O) groups is 1. The van der Waals surface area contributed by atoms with Crippen molar-refractivity contribution >= 4 is 16.9 Å². The quantitative estimate of drug-likeness (QED) is 0.350. The highest BCUT2D eigenvalue weighted by Crippen LogP contribution is 2.28. The first-order chi connectivity index (χ1) is 15.5. The molecule has 0 fully saturated rings. The Bertz CT molecular complexity index is 1230. The molecule has 5 nitrogen and oxygen atoms in total. The lowest BCUT2D eigenvalue weighted by molar-refractivity contribution is 0.0699. The Morgan fingerprint density at radius 3 is 2.19 bits per heavy atom. The van der Waals surface area contributed by atoms with Gasteiger partial charge in [0.05, 0.1) is 23.4 Å². The second-order valence-corrected chi connectivity index (χ2v) is 7.53. The summed E-state index contributed by atoms with van der Waals surface area (Å²) in [7, 11) is 0. The number of aromatic carboxylic acids is 1. The topological polar surface area (TPSA) is 68.7 Å². The fraction of sp³-hybridized carbons (Fsp3) is 0.185. The van der Waals surface area contributed by atoms with E-state index in [1.165, 1.54) is 0 Å². The summed E-state index contributed by atoms with van der Waals surface area (Å²) in [6, 6.07) is 23.2. The van der Waals surface area contributed by atoms with Gasteiger partial charge in [-0.15, -0.1) is 0 Å². The first-order valence-electron chi connectivity index (χ1n) is 10.6. The molecule has 0 amide bonds. The number of nitrogens with zero attached hydrogens (tertiary/aromatic N) is 1. The molecule has 0 radical (unpaired) electrons. The molecule has 0 saturated heterocycles. The van der Waals surface area contributed by atoms with E-state index in [2.05, 4.69) is 0 Å². The van der Waals surface area contributed by atoms with E-state index in [0.29, 0.717) is 36.4 Å². The number of hydrogen-bond donors (Lipinski definition) is 1. The molecule has 0 unspecified atom stereocenters. The fourth-order valence-corrected chi connectivity index (χ4v) is 3.60. The fourth-order valence-electron chi connectivity index (χ4n) is 3.60. The molecular weight excluding hydrogens is 402 g/mol. The van der Waals surface area contributed by atoms with Crippen molar-refractivity contribution in [2.45, 2.75) is 13.8 Å². The largest absolute Gasteiger partial charge is 0.491 e. The van der Waals surface area contributed by atoms with Crippen LogP contribution in [0.2, 0.25) is 0 Å². The van der Waals surface area contributed by atoms with Crippen LogP contribution < -0.4 is 4.74 Å². The van der Waals surface area contributed by atoms with Gasteiger partial charge in [0.25, 0.3) is 0 Å². The number of benzene rings is 3. The van der Waals surface area contributed by atoms with Gasteiger partial charge in [0.1, 0.15) is 12.4 Å². The number of rotatable bonds is 8. The van der Waals surface area contributed by atoms with Gasteiger partial charge in [0.2, 0.25) is 0 Å². The summed E-state index contributed by atoms with van der Waals surface area (Å²) >= 11 is 0. The van der Waals surface area contributed by atoms with Crippen LogP contribution in [0.1, 0.15) is 22.8 Å². The van der Waals surface area contributed by atoms with Crippen molar-refractivity contribution in [1.29, 1.82) is 0 Å². The Labute approximate surface area is 187 Å². The van der Waals surface area contributed by atoms with Crippen LogP contribution in [0.25, 0.3) is 33.3 Å². The van der Waals surface area contributed by atoms with Crippen molar-refractivity contribution in [3.8, 4) is 28.1 Å². The number of aromatic nitrogens is 1. The summed E-state index contributed by atoms with van der Waals surface area (Å²) in [6.45, 7) is 5.69. The van der Waals surface area contributed by atoms with Gasteiger partial charge in [-0.05, 0) is 55.3 Å². The van der Waals surface area contributed by atoms with E-state index >= 15 is 0 Å². The predicted octanol–water partition coefficient (Wildman–Crippen LogP) is 5.99. The number of ether oxygens (including phenoxy) is 2. The molecule has 0 aliphatic heterocycles. The summed E-state index contributed by atoms with van der Waals surface area (Å²) in [5, 5.41) is 10.4. The van der Waals surface area contributed by atoms with Crippen molar-refractivity contribution in [3.05, 3.63) is 83.9 Å². The second kappa shape index (κ2) is 9.62. The van der Waals surface area contributed by atoms with Gasteiger partial charge in [-0.25, -0.2) is 9.78 Å². The van der Waals surface area contributed by atoms with Crippen LogP contribution in [-0.2, 0) is 4.74 Å². The Hall–Kier alpha value is -3.70. The van der Waals surface area contributed by atoms with Crippen LogP contribution in [0.4, 0.5) is 0 Å². The Morgan fingerprint density at radius 2 is 1.53 bits per heavy atom. The van der Waals surface area contributed by atoms with Crippen molar-refractivity contribution in [2.24, 2.45) is 0 Å². The lowest BCUT2D eigenvalue weighted by atomic mass is 10.00. The number of fused-ring (bicyclic) bond motifs is 1. The van der Waals surface area contributed by atoms with Gasteiger partial charge < -0.3 is 14.6 Å². The predicted molar refractivity (Wildman–Crippen MR) is 126 cm³/mol. The summed E-state index contributed by atoms with van der Waals surface area (Å²) in [5.74, 6) is -0.147. The van der Waals surface area contributed by atoms with Gasteiger partial charge in [-0.1, -0.05) is 48.0 Å².